The Morgan fingerprint density at radius 1 is 1.16 bits per heavy atom. The second-order valence-electron chi connectivity index (χ2n) is 5.62. The molecule has 1 atom stereocenters. The SMILES string of the molecule is COc1cc(C(=O)NCC(c2cccs2)N(C)C)cc(OC)c1OC. The molecular formula is C18H24N2O4S. The topological polar surface area (TPSA) is 60.0 Å². The Hall–Kier alpha value is -2.25. The van der Waals surface area contributed by atoms with Crippen molar-refractivity contribution in [3.8, 4) is 17.2 Å². The largest absolute Gasteiger partial charge is 0.493 e. The van der Waals surface area contributed by atoms with Crippen LogP contribution >= 0.6 is 11.3 Å². The highest BCUT2D eigenvalue weighted by atomic mass is 32.1. The zero-order valence-electron chi connectivity index (χ0n) is 15.2. The number of nitrogens with one attached hydrogen (secondary N) is 1. The lowest BCUT2D eigenvalue weighted by Gasteiger charge is -2.23. The number of carbonyl (C=O) groups is 1. The minimum absolute atomic E-state index is 0.117. The minimum Gasteiger partial charge on any atom is -0.493 e. The fraction of sp³-hybridized carbons (Fsp3) is 0.389. The van der Waals surface area contributed by atoms with Gasteiger partial charge in [0.1, 0.15) is 0 Å². The summed E-state index contributed by atoms with van der Waals surface area (Å²) in [6, 6.07) is 7.49. The Morgan fingerprint density at radius 3 is 2.24 bits per heavy atom. The summed E-state index contributed by atoms with van der Waals surface area (Å²) in [6.07, 6.45) is 0. The van der Waals surface area contributed by atoms with Gasteiger partial charge in [-0.25, -0.2) is 0 Å². The number of likely N-dealkylation sites (N-methyl/N-ethyl adjacent to an activating group) is 1. The average molecular weight is 364 g/mol. The molecule has 7 heteroatoms. The van der Waals surface area contributed by atoms with Gasteiger partial charge in [-0.3, -0.25) is 4.79 Å². The standard InChI is InChI=1S/C18H24N2O4S/c1-20(2)13(16-7-6-8-25-16)11-19-18(21)12-9-14(22-3)17(24-5)15(10-12)23-4/h6-10,13H,11H2,1-5H3,(H,19,21). The van der Waals surface area contributed by atoms with Crippen molar-refractivity contribution in [2.75, 3.05) is 42.0 Å². The number of methoxy groups -OCH3 is 3. The fourth-order valence-corrected chi connectivity index (χ4v) is 3.44. The maximum atomic E-state index is 12.6. The highest BCUT2D eigenvalue weighted by Gasteiger charge is 2.19. The molecular weight excluding hydrogens is 340 g/mol. The molecule has 0 saturated heterocycles. The zero-order chi connectivity index (χ0) is 18.4. The summed E-state index contributed by atoms with van der Waals surface area (Å²) in [7, 11) is 8.57. The maximum Gasteiger partial charge on any atom is 0.251 e. The molecule has 0 spiro atoms. The Bertz CT molecular complexity index is 676. The second kappa shape index (κ2) is 8.73. The van der Waals surface area contributed by atoms with Crippen LogP contribution in [0.25, 0.3) is 0 Å². The number of ether oxygens (including phenoxy) is 3. The van der Waals surface area contributed by atoms with Gasteiger partial charge in [0.15, 0.2) is 11.5 Å². The predicted octanol–water partition coefficient (Wildman–Crippen LogP) is 2.81. The van der Waals surface area contributed by atoms with Crippen LogP contribution in [-0.2, 0) is 0 Å². The van der Waals surface area contributed by atoms with Gasteiger partial charge >= 0.3 is 0 Å². The Kier molecular flexibility index (Phi) is 6.66. The Labute approximate surface area is 152 Å². The van der Waals surface area contributed by atoms with Crippen molar-refractivity contribution in [1.29, 1.82) is 0 Å². The molecule has 1 aromatic heterocycles. The summed E-state index contributed by atoms with van der Waals surface area (Å²) in [6.45, 7) is 0.503. The third-order valence-electron chi connectivity index (χ3n) is 3.88. The first kappa shape index (κ1) is 19.1. The highest BCUT2D eigenvalue weighted by molar-refractivity contribution is 7.10. The number of hydrogen-bond donors (Lipinski definition) is 1. The molecule has 0 saturated carbocycles. The van der Waals surface area contributed by atoms with Crippen molar-refractivity contribution in [3.05, 3.63) is 40.1 Å². The van der Waals surface area contributed by atoms with Crippen LogP contribution in [-0.4, -0.2) is 52.8 Å². The van der Waals surface area contributed by atoms with E-state index in [0.29, 0.717) is 29.4 Å². The number of rotatable bonds is 8. The number of benzene rings is 1. The average Bonchev–Trinajstić information content (AvgIpc) is 3.14. The Morgan fingerprint density at radius 2 is 1.80 bits per heavy atom. The number of amides is 1. The van der Waals surface area contributed by atoms with Crippen LogP contribution in [0.5, 0.6) is 17.2 Å². The normalized spacial score (nSPS) is 11.9. The molecule has 0 aliphatic carbocycles. The summed E-state index contributed by atoms with van der Waals surface area (Å²) in [4.78, 5) is 15.9. The van der Waals surface area contributed by atoms with E-state index in [-0.39, 0.29) is 11.9 Å². The van der Waals surface area contributed by atoms with Gasteiger partial charge in [0.25, 0.3) is 5.91 Å². The number of carbonyl (C=O) groups excluding carboxylic acids is 1. The van der Waals surface area contributed by atoms with E-state index < -0.39 is 0 Å². The Balaban J connectivity index is 2.17. The van der Waals surface area contributed by atoms with Crippen LogP contribution < -0.4 is 19.5 Å². The number of hydrogen-bond acceptors (Lipinski definition) is 6. The molecule has 1 aromatic carbocycles. The van der Waals surface area contributed by atoms with E-state index in [9.17, 15) is 4.79 Å². The van der Waals surface area contributed by atoms with E-state index in [1.165, 1.54) is 26.2 Å². The van der Waals surface area contributed by atoms with Crippen LogP contribution in [0, 0.1) is 0 Å². The van der Waals surface area contributed by atoms with Gasteiger partial charge < -0.3 is 24.4 Å². The van der Waals surface area contributed by atoms with Crippen molar-refractivity contribution in [3.63, 3.8) is 0 Å². The van der Waals surface area contributed by atoms with Crippen molar-refractivity contribution >= 4 is 17.2 Å². The molecule has 25 heavy (non-hydrogen) atoms. The van der Waals surface area contributed by atoms with E-state index in [1.54, 1.807) is 23.5 Å². The van der Waals surface area contributed by atoms with E-state index >= 15 is 0 Å². The lowest BCUT2D eigenvalue weighted by atomic mass is 10.1. The van der Waals surface area contributed by atoms with Crippen molar-refractivity contribution in [2.24, 2.45) is 0 Å². The second-order valence-corrected chi connectivity index (χ2v) is 6.60. The maximum absolute atomic E-state index is 12.6. The van der Waals surface area contributed by atoms with Crippen molar-refractivity contribution < 1.29 is 19.0 Å². The van der Waals surface area contributed by atoms with Gasteiger partial charge in [0.05, 0.1) is 27.4 Å². The first-order valence-electron chi connectivity index (χ1n) is 7.79. The monoisotopic (exact) mass is 364 g/mol. The predicted molar refractivity (Wildman–Crippen MR) is 99.2 cm³/mol. The molecule has 136 valence electrons. The van der Waals surface area contributed by atoms with Gasteiger partial charge in [-0.15, -0.1) is 11.3 Å². The molecule has 1 heterocycles. The summed E-state index contributed by atoms with van der Waals surface area (Å²) in [5.74, 6) is 1.18. The van der Waals surface area contributed by atoms with Crippen LogP contribution in [0.2, 0.25) is 0 Å². The third-order valence-corrected chi connectivity index (χ3v) is 4.85. The molecule has 0 aliphatic heterocycles. The zero-order valence-corrected chi connectivity index (χ0v) is 16.0. The first-order chi connectivity index (χ1) is 12.0. The molecule has 6 nitrogen and oxygen atoms in total. The summed E-state index contributed by atoms with van der Waals surface area (Å²) in [5.41, 5.74) is 0.457. The van der Waals surface area contributed by atoms with Crippen molar-refractivity contribution in [1.82, 2.24) is 10.2 Å². The quantitative estimate of drug-likeness (QED) is 0.780. The van der Waals surface area contributed by atoms with Crippen LogP contribution in [0.15, 0.2) is 29.6 Å². The molecule has 0 fully saturated rings. The van der Waals surface area contributed by atoms with Gasteiger partial charge in [0.2, 0.25) is 5.75 Å². The minimum atomic E-state index is -0.192. The van der Waals surface area contributed by atoms with E-state index in [0.717, 1.165) is 0 Å². The lowest BCUT2D eigenvalue weighted by molar-refractivity contribution is 0.0941. The summed E-state index contributed by atoms with van der Waals surface area (Å²) in [5, 5.41) is 5.02. The van der Waals surface area contributed by atoms with Gasteiger partial charge in [-0.1, -0.05) is 6.07 Å². The molecule has 0 radical (unpaired) electrons. The van der Waals surface area contributed by atoms with Crippen LogP contribution in [0.3, 0.4) is 0 Å². The molecule has 1 unspecified atom stereocenters. The fourth-order valence-electron chi connectivity index (χ4n) is 2.52. The van der Waals surface area contributed by atoms with Gasteiger partial charge in [-0.05, 0) is 37.7 Å². The molecule has 1 N–H and O–H groups in total. The third kappa shape index (κ3) is 4.43. The van der Waals surface area contributed by atoms with Gasteiger partial charge in [0, 0.05) is 17.0 Å². The van der Waals surface area contributed by atoms with E-state index in [1.807, 2.05) is 25.5 Å². The summed E-state index contributed by atoms with van der Waals surface area (Å²) >= 11 is 1.67. The number of nitrogens with zero attached hydrogens (tertiary/aromatic N) is 1. The first-order valence-corrected chi connectivity index (χ1v) is 8.67. The molecule has 0 aliphatic rings. The molecule has 2 aromatic rings. The highest BCUT2D eigenvalue weighted by Crippen LogP contribution is 2.38. The van der Waals surface area contributed by atoms with Crippen LogP contribution in [0.4, 0.5) is 0 Å². The van der Waals surface area contributed by atoms with Crippen molar-refractivity contribution in [2.45, 2.75) is 6.04 Å². The molecule has 1 amide bonds. The van der Waals surface area contributed by atoms with E-state index in [2.05, 4.69) is 16.3 Å². The summed E-state index contributed by atoms with van der Waals surface area (Å²) < 4.78 is 15.9. The number of thiophene rings is 1. The molecule has 2 rings (SSSR count). The lowest BCUT2D eigenvalue weighted by Crippen LogP contribution is -2.34. The van der Waals surface area contributed by atoms with E-state index in [4.69, 9.17) is 14.2 Å². The smallest absolute Gasteiger partial charge is 0.251 e. The molecule has 0 bridgehead atoms. The van der Waals surface area contributed by atoms with Gasteiger partial charge in [-0.2, -0.15) is 0 Å². The van der Waals surface area contributed by atoms with Crippen LogP contribution in [0.1, 0.15) is 21.3 Å².